The molecular formula is C11H9ClFNO2S2. The summed E-state index contributed by atoms with van der Waals surface area (Å²) >= 11 is 6.65. The Morgan fingerprint density at radius 2 is 2.06 bits per heavy atom. The molecule has 0 aliphatic rings. The van der Waals surface area contributed by atoms with Crippen LogP contribution in [-0.2, 0) is 16.6 Å². The Hall–Kier alpha value is -0.950. The van der Waals surface area contributed by atoms with Crippen LogP contribution in [0.5, 0.6) is 0 Å². The summed E-state index contributed by atoms with van der Waals surface area (Å²) in [5.74, 6) is -0.397. The van der Waals surface area contributed by atoms with Crippen LogP contribution >= 0.6 is 22.9 Å². The topological polar surface area (TPSA) is 46.2 Å². The van der Waals surface area contributed by atoms with Crippen molar-refractivity contribution in [2.45, 2.75) is 10.8 Å². The quantitative estimate of drug-likeness (QED) is 0.944. The zero-order valence-electron chi connectivity index (χ0n) is 9.06. The van der Waals surface area contributed by atoms with Crippen LogP contribution in [-0.4, -0.2) is 8.42 Å². The second-order valence-corrected chi connectivity index (χ2v) is 7.22. The Morgan fingerprint density at radius 3 is 2.67 bits per heavy atom. The van der Waals surface area contributed by atoms with Crippen molar-refractivity contribution in [2.24, 2.45) is 0 Å². The van der Waals surface area contributed by atoms with Gasteiger partial charge in [-0.05, 0) is 29.8 Å². The van der Waals surface area contributed by atoms with Gasteiger partial charge in [-0.1, -0.05) is 23.7 Å². The van der Waals surface area contributed by atoms with Gasteiger partial charge in [0.2, 0.25) is 10.0 Å². The van der Waals surface area contributed by atoms with Gasteiger partial charge in [0.15, 0.2) is 0 Å². The minimum Gasteiger partial charge on any atom is -0.207 e. The zero-order valence-corrected chi connectivity index (χ0v) is 11.4. The number of benzene rings is 1. The predicted octanol–water partition coefficient (Wildman–Crippen LogP) is 3.02. The third-order valence-corrected chi connectivity index (χ3v) is 5.29. The second kappa shape index (κ2) is 5.36. The van der Waals surface area contributed by atoms with Crippen molar-refractivity contribution in [3.8, 4) is 0 Å². The molecule has 1 N–H and O–H groups in total. The van der Waals surface area contributed by atoms with Gasteiger partial charge in [0.1, 0.15) is 10.0 Å². The standard InChI is InChI=1S/C11H9ClFNO2S2/c12-10-4-5-11(17-10)18(15,16)14-7-8-2-1-3-9(13)6-8/h1-6,14H,7H2. The summed E-state index contributed by atoms with van der Waals surface area (Å²) in [5.41, 5.74) is 0.557. The molecule has 0 saturated carbocycles. The van der Waals surface area contributed by atoms with E-state index in [2.05, 4.69) is 4.72 Å². The van der Waals surface area contributed by atoms with Gasteiger partial charge < -0.3 is 0 Å². The molecule has 0 aliphatic carbocycles. The van der Waals surface area contributed by atoms with E-state index in [4.69, 9.17) is 11.6 Å². The Kier molecular flexibility index (Phi) is 4.01. The number of hydrogen-bond acceptors (Lipinski definition) is 3. The molecule has 1 aromatic carbocycles. The molecular weight excluding hydrogens is 297 g/mol. The SMILES string of the molecule is O=S(=O)(NCc1cccc(F)c1)c1ccc(Cl)s1. The van der Waals surface area contributed by atoms with Gasteiger partial charge in [0.05, 0.1) is 4.34 Å². The van der Waals surface area contributed by atoms with E-state index in [0.29, 0.717) is 9.90 Å². The highest BCUT2D eigenvalue weighted by Crippen LogP contribution is 2.25. The summed E-state index contributed by atoms with van der Waals surface area (Å²) in [7, 11) is -3.59. The predicted molar refractivity (Wildman–Crippen MR) is 69.8 cm³/mol. The number of sulfonamides is 1. The lowest BCUT2D eigenvalue weighted by molar-refractivity contribution is 0.582. The molecule has 0 saturated heterocycles. The second-order valence-electron chi connectivity index (χ2n) is 3.51. The fraction of sp³-hybridized carbons (Fsp3) is 0.0909. The smallest absolute Gasteiger partial charge is 0.207 e. The largest absolute Gasteiger partial charge is 0.250 e. The summed E-state index contributed by atoms with van der Waals surface area (Å²) in [4.78, 5) is 0. The van der Waals surface area contributed by atoms with E-state index in [1.807, 2.05) is 0 Å². The maximum absolute atomic E-state index is 12.9. The van der Waals surface area contributed by atoms with Gasteiger partial charge >= 0.3 is 0 Å². The molecule has 7 heteroatoms. The zero-order chi connectivity index (χ0) is 13.2. The molecule has 0 bridgehead atoms. The van der Waals surface area contributed by atoms with Crippen LogP contribution in [0.25, 0.3) is 0 Å². The van der Waals surface area contributed by atoms with Gasteiger partial charge in [-0.15, -0.1) is 11.3 Å². The molecule has 0 unspecified atom stereocenters. The summed E-state index contributed by atoms with van der Waals surface area (Å²) in [5, 5.41) is 0. The number of rotatable bonds is 4. The lowest BCUT2D eigenvalue weighted by Gasteiger charge is -2.04. The molecule has 0 amide bonds. The third kappa shape index (κ3) is 3.29. The molecule has 1 heterocycles. The van der Waals surface area contributed by atoms with E-state index >= 15 is 0 Å². The van der Waals surface area contributed by atoms with Gasteiger partial charge in [-0.2, -0.15) is 0 Å². The van der Waals surface area contributed by atoms with Crippen LogP contribution in [0.1, 0.15) is 5.56 Å². The highest BCUT2D eigenvalue weighted by atomic mass is 35.5. The lowest BCUT2D eigenvalue weighted by atomic mass is 10.2. The molecule has 0 aliphatic heterocycles. The van der Waals surface area contributed by atoms with Crippen molar-refractivity contribution >= 4 is 33.0 Å². The first kappa shape index (κ1) is 13.5. The van der Waals surface area contributed by atoms with Gasteiger partial charge in [-0.25, -0.2) is 17.5 Å². The van der Waals surface area contributed by atoms with Gasteiger partial charge in [-0.3, -0.25) is 0 Å². The summed E-state index contributed by atoms with van der Waals surface area (Å²) in [6.07, 6.45) is 0. The Labute approximate surface area is 113 Å². The van der Waals surface area contributed by atoms with Crippen molar-refractivity contribution in [1.29, 1.82) is 0 Å². The highest BCUT2D eigenvalue weighted by Gasteiger charge is 2.16. The number of thiophene rings is 1. The van der Waals surface area contributed by atoms with Crippen LogP contribution in [0.3, 0.4) is 0 Å². The van der Waals surface area contributed by atoms with E-state index in [9.17, 15) is 12.8 Å². The third-order valence-electron chi connectivity index (χ3n) is 2.17. The lowest BCUT2D eigenvalue weighted by Crippen LogP contribution is -2.22. The van der Waals surface area contributed by atoms with Gasteiger partial charge in [0, 0.05) is 6.54 Å². The molecule has 0 fully saturated rings. The van der Waals surface area contributed by atoms with E-state index < -0.39 is 15.8 Å². The first-order valence-electron chi connectivity index (χ1n) is 4.97. The molecule has 0 spiro atoms. The summed E-state index contributed by atoms with van der Waals surface area (Å²) in [6.45, 7) is 0.0373. The molecule has 0 radical (unpaired) electrons. The van der Waals surface area contributed by atoms with Crippen molar-refractivity contribution < 1.29 is 12.8 Å². The Bertz CT molecular complexity index is 655. The van der Waals surface area contributed by atoms with Crippen molar-refractivity contribution in [2.75, 3.05) is 0 Å². The maximum atomic E-state index is 12.9. The Balaban J connectivity index is 2.10. The molecule has 96 valence electrons. The maximum Gasteiger partial charge on any atom is 0.250 e. The van der Waals surface area contributed by atoms with Crippen molar-refractivity contribution in [1.82, 2.24) is 4.72 Å². The van der Waals surface area contributed by atoms with Crippen LogP contribution in [0, 0.1) is 5.82 Å². The molecule has 1 aromatic heterocycles. The van der Waals surface area contributed by atoms with Crippen molar-refractivity contribution in [3.63, 3.8) is 0 Å². The summed E-state index contributed by atoms with van der Waals surface area (Å²) in [6, 6.07) is 8.71. The van der Waals surface area contributed by atoms with E-state index in [-0.39, 0.29) is 10.8 Å². The molecule has 2 rings (SSSR count). The molecule has 2 aromatic rings. The van der Waals surface area contributed by atoms with Crippen LogP contribution in [0.4, 0.5) is 4.39 Å². The average Bonchev–Trinajstić information content (AvgIpc) is 2.74. The molecule has 0 atom stereocenters. The number of nitrogens with one attached hydrogen (secondary N) is 1. The van der Waals surface area contributed by atoms with Gasteiger partial charge in [0.25, 0.3) is 0 Å². The number of hydrogen-bond donors (Lipinski definition) is 1. The fourth-order valence-electron chi connectivity index (χ4n) is 1.34. The van der Waals surface area contributed by atoms with Crippen molar-refractivity contribution in [3.05, 3.63) is 52.1 Å². The molecule has 18 heavy (non-hydrogen) atoms. The highest BCUT2D eigenvalue weighted by molar-refractivity contribution is 7.91. The first-order valence-corrected chi connectivity index (χ1v) is 7.64. The fourth-order valence-corrected chi connectivity index (χ4v) is 3.88. The minimum atomic E-state index is -3.59. The first-order chi connectivity index (χ1) is 8.47. The van der Waals surface area contributed by atoms with Crippen LogP contribution < -0.4 is 4.72 Å². The summed E-state index contributed by atoms with van der Waals surface area (Å²) < 4.78 is 39.6. The Morgan fingerprint density at radius 1 is 1.28 bits per heavy atom. The molecule has 3 nitrogen and oxygen atoms in total. The minimum absolute atomic E-state index is 0.0373. The van der Waals surface area contributed by atoms with Crippen LogP contribution in [0.15, 0.2) is 40.6 Å². The van der Waals surface area contributed by atoms with E-state index in [1.54, 1.807) is 6.07 Å². The van der Waals surface area contributed by atoms with E-state index in [0.717, 1.165) is 11.3 Å². The number of halogens is 2. The monoisotopic (exact) mass is 305 g/mol. The average molecular weight is 306 g/mol. The normalized spacial score (nSPS) is 11.7. The van der Waals surface area contributed by atoms with Crippen LogP contribution in [0.2, 0.25) is 4.34 Å². The van der Waals surface area contributed by atoms with E-state index in [1.165, 1.54) is 30.3 Å².